The number of urea groups is 1. The van der Waals surface area contributed by atoms with E-state index in [1.165, 1.54) is 11.3 Å². The van der Waals surface area contributed by atoms with Gasteiger partial charge in [0.25, 0.3) is 0 Å². The summed E-state index contributed by atoms with van der Waals surface area (Å²) in [4.78, 5) is 54.3. The number of nitrogens with zero attached hydrogens (tertiary/aromatic N) is 2. The number of aliphatic carboxylic acids is 1. The quantitative estimate of drug-likeness (QED) is 0.327. The van der Waals surface area contributed by atoms with Crippen molar-refractivity contribution >= 4 is 40.5 Å². The molecule has 1 atom stereocenters. The normalized spacial score (nSPS) is 15.0. The zero-order chi connectivity index (χ0) is 26.0. The van der Waals surface area contributed by atoms with Crippen LogP contribution in [0.5, 0.6) is 0 Å². The molecule has 35 heavy (non-hydrogen) atoms. The number of hydrogen-bond acceptors (Lipinski definition) is 8. The van der Waals surface area contributed by atoms with Gasteiger partial charge < -0.3 is 35.4 Å². The minimum Gasteiger partial charge on any atom is -0.480 e. The molecule has 0 saturated carbocycles. The van der Waals surface area contributed by atoms with Gasteiger partial charge in [-0.2, -0.15) is 0 Å². The second-order valence-corrected chi connectivity index (χ2v) is 10.1. The number of aromatic nitrogens is 1. The first-order valence-electron chi connectivity index (χ1n) is 11.6. The van der Waals surface area contributed by atoms with Crippen molar-refractivity contribution in [2.75, 3.05) is 38.2 Å². The van der Waals surface area contributed by atoms with Crippen LogP contribution < -0.4 is 16.0 Å². The topological polar surface area (TPSA) is 159 Å². The van der Waals surface area contributed by atoms with Crippen molar-refractivity contribution < 1.29 is 33.8 Å². The Kier molecular flexibility index (Phi) is 10.7. The molecule has 0 spiro atoms. The van der Waals surface area contributed by atoms with Crippen LogP contribution in [0.25, 0.3) is 0 Å². The number of carbonyl (C=O) groups excluding carboxylic acids is 3. The molecule has 1 aromatic heterocycles. The molecule has 0 unspecified atom stereocenters. The van der Waals surface area contributed by atoms with Gasteiger partial charge in [0.1, 0.15) is 12.2 Å². The zero-order valence-corrected chi connectivity index (χ0v) is 21.5. The molecule has 1 aromatic rings. The van der Waals surface area contributed by atoms with Gasteiger partial charge in [0.15, 0.2) is 5.13 Å². The van der Waals surface area contributed by atoms with Gasteiger partial charge >= 0.3 is 18.1 Å². The first kappa shape index (κ1) is 28.3. The van der Waals surface area contributed by atoms with Crippen LogP contribution in [0.1, 0.15) is 51.1 Å². The second kappa shape index (κ2) is 13.2. The Labute approximate surface area is 208 Å². The summed E-state index contributed by atoms with van der Waals surface area (Å²) >= 11 is 1.37. The average molecular weight is 514 g/mol. The van der Waals surface area contributed by atoms with Crippen LogP contribution in [-0.2, 0) is 31.9 Å². The van der Waals surface area contributed by atoms with E-state index in [0.717, 1.165) is 23.4 Å². The number of carbonyl (C=O) groups is 4. The lowest BCUT2D eigenvalue weighted by Crippen LogP contribution is -2.46. The lowest BCUT2D eigenvalue weighted by atomic mass is 9.96. The van der Waals surface area contributed by atoms with Gasteiger partial charge in [-0.1, -0.05) is 6.92 Å². The molecule has 0 bridgehead atoms. The molecule has 1 aliphatic rings. The van der Waals surface area contributed by atoms with Crippen LogP contribution in [-0.4, -0.2) is 83.5 Å². The highest BCUT2D eigenvalue weighted by atomic mass is 32.1. The van der Waals surface area contributed by atoms with Crippen LogP contribution in [0.3, 0.4) is 0 Å². The minimum atomic E-state index is -1.09. The smallest absolute Gasteiger partial charge is 0.410 e. The predicted octanol–water partition coefficient (Wildman–Crippen LogP) is 1.99. The standard InChI is InChI=1S/C22H35N5O7S/c1-5-9-27(21(32)34-22(2,3)4)14-6-7-15-16(11-14)35-20(25-15)26-17(28)12-24-19(31)23-8-10-33-13-18(29)30/h14H,5-13H2,1-4H3,(H,29,30)(H2,23,24,31)(H,25,26,28)/t14-/m0/s1. The number of fused-ring (bicyclic) bond motifs is 1. The molecule has 4 N–H and O–H groups in total. The first-order chi connectivity index (χ1) is 16.5. The van der Waals surface area contributed by atoms with E-state index >= 15 is 0 Å². The van der Waals surface area contributed by atoms with Gasteiger partial charge in [0.2, 0.25) is 5.91 Å². The number of aryl methyl sites for hydroxylation is 1. The summed E-state index contributed by atoms with van der Waals surface area (Å²) in [5, 5.41) is 16.5. The Morgan fingerprint density at radius 2 is 1.97 bits per heavy atom. The summed E-state index contributed by atoms with van der Waals surface area (Å²) in [7, 11) is 0. The highest BCUT2D eigenvalue weighted by Gasteiger charge is 2.32. The van der Waals surface area contributed by atoms with E-state index in [9.17, 15) is 19.2 Å². The number of rotatable bonds is 11. The Balaban J connectivity index is 1.83. The van der Waals surface area contributed by atoms with Crippen molar-refractivity contribution in [3.05, 3.63) is 10.6 Å². The Morgan fingerprint density at radius 3 is 2.63 bits per heavy atom. The van der Waals surface area contributed by atoms with E-state index in [4.69, 9.17) is 14.6 Å². The molecular weight excluding hydrogens is 478 g/mol. The van der Waals surface area contributed by atoms with Crippen molar-refractivity contribution in [2.45, 2.75) is 65.0 Å². The molecule has 0 aromatic carbocycles. The molecular formula is C22H35N5O7S. The summed E-state index contributed by atoms with van der Waals surface area (Å²) < 4.78 is 10.4. The van der Waals surface area contributed by atoms with Crippen molar-refractivity contribution in [3.8, 4) is 0 Å². The number of amides is 4. The number of carboxylic acid groups (broad SMARTS) is 1. The van der Waals surface area contributed by atoms with Crippen molar-refractivity contribution in [1.82, 2.24) is 20.5 Å². The number of carboxylic acids is 1. The van der Waals surface area contributed by atoms with Gasteiger partial charge in [-0.3, -0.25) is 4.79 Å². The minimum absolute atomic E-state index is 0.00569. The van der Waals surface area contributed by atoms with Gasteiger partial charge in [-0.15, -0.1) is 11.3 Å². The van der Waals surface area contributed by atoms with E-state index in [1.54, 1.807) is 4.90 Å². The molecule has 13 heteroatoms. The first-order valence-corrected chi connectivity index (χ1v) is 12.4. The number of thiazole rings is 1. The Bertz CT molecular complexity index is 899. The molecule has 4 amide bonds. The van der Waals surface area contributed by atoms with E-state index in [0.29, 0.717) is 24.5 Å². The fourth-order valence-electron chi connectivity index (χ4n) is 3.44. The lowest BCUT2D eigenvalue weighted by Gasteiger charge is -2.35. The third kappa shape index (κ3) is 10.1. The summed E-state index contributed by atoms with van der Waals surface area (Å²) in [6, 6.07) is -0.565. The fourth-order valence-corrected chi connectivity index (χ4v) is 4.54. The van der Waals surface area contributed by atoms with Crippen LogP contribution in [0.2, 0.25) is 0 Å². The van der Waals surface area contributed by atoms with Gasteiger partial charge in [-0.05, 0) is 40.0 Å². The van der Waals surface area contributed by atoms with Crippen molar-refractivity contribution in [1.29, 1.82) is 0 Å². The van der Waals surface area contributed by atoms with Gasteiger partial charge in [0.05, 0.1) is 18.8 Å². The molecule has 0 fully saturated rings. The van der Waals surface area contributed by atoms with Crippen LogP contribution in [0.15, 0.2) is 0 Å². The van der Waals surface area contributed by atoms with Crippen LogP contribution in [0, 0.1) is 0 Å². The summed E-state index contributed by atoms with van der Waals surface area (Å²) in [5.41, 5.74) is 0.346. The molecule has 196 valence electrons. The molecule has 2 rings (SSSR count). The molecule has 1 aliphatic carbocycles. The molecule has 0 aliphatic heterocycles. The lowest BCUT2D eigenvalue weighted by molar-refractivity contribution is -0.142. The fraction of sp³-hybridized carbons (Fsp3) is 0.682. The monoisotopic (exact) mass is 513 g/mol. The Hall–Kier alpha value is -2.93. The van der Waals surface area contributed by atoms with E-state index < -0.39 is 30.1 Å². The second-order valence-electron chi connectivity index (χ2n) is 9.06. The highest BCUT2D eigenvalue weighted by molar-refractivity contribution is 7.15. The summed E-state index contributed by atoms with van der Waals surface area (Å²) in [6.07, 6.45) is 2.61. The SMILES string of the molecule is CCCN(C(=O)OC(C)(C)C)[C@H]1CCc2nc(NC(=O)CNC(=O)NCCOCC(=O)O)sc2C1. The van der Waals surface area contributed by atoms with Crippen LogP contribution >= 0.6 is 11.3 Å². The highest BCUT2D eigenvalue weighted by Crippen LogP contribution is 2.32. The zero-order valence-electron chi connectivity index (χ0n) is 20.6. The van der Waals surface area contributed by atoms with Gasteiger partial charge in [0, 0.05) is 30.4 Å². The third-order valence-corrected chi connectivity index (χ3v) is 5.90. The predicted molar refractivity (Wildman–Crippen MR) is 130 cm³/mol. The van der Waals surface area contributed by atoms with E-state index in [2.05, 4.69) is 20.9 Å². The summed E-state index contributed by atoms with van der Waals surface area (Å²) in [5.74, 6) is -1.52. The average Bonchev–Trinajstić information content (AvgIpc) is 3.15. The maximum Gasteiger partial charge on any atom is 0.410 e. The molecule has 1 heterocycles. The Morgan fingerprint density at radius 1 is 1.23 bits per heavy atom. The molecule has 0 radical (unpaired) electrons. The van der Waals surface area contributed by atoms with E-state index in [1.807, 2.05) is 27.7 Å². The van der Waals surface area contributed by atoms with Gasteiger partial charge in [-0.25, -0.2) is 19.4 Å². The van der Waals surface area contributed by atoms with Crippen molar-refractivity contribution in [2.24, 2.45) is 0 Å². The largest absolute Gasteiger partial charge is 0.480 e. The molecule has 12 nitrogen and oxygen atoms in total. The summed E-state index contributed by atoms with van der Waals surface area (Å²) in [6.45, 7) is 7.63. The van der Waals surface area contributed by atoms with Crippen LogP contribution in [0.4, 0.5) is 14.7 Å². The maximum atomic E-state index is 12.7. The van der Waals surface area contributed by atoms with Crippen molar-refractivity contribution in [3.63, 3.8) is 0 Å². The van der Waals surface area contributed by atoms with E-state index in [-0.39, 0.29) is 31.8 Å². The number of hydrogen-bond donors (Lipinski definition) is 4. The third-order valence-electron chi connectivity index (χ3n) is 4.86. The number of anilines is 1. The number of ether oxygens (including phenoxy) is 2. The number of nitrogens with one attached hydrogen (secondary N) is 3. The maximum absolute atomic E-state index is 12.7. The molecule has 0 saturated heterocycles.